The van der Waals surface area contributed by atoms with E-state index in [1.807, 2.05) is 31.2 Å². The molecule has 1 atom stereocenters. The van der Waals surface area contributed by atoms with Gasteiger partial charge in [0.25, 0.3) is 0 Å². The Bertz CT molecular complexity index is 1130. The third-order valence-corrected chi connectivity index (χ3v) is 7.21. The summed E-state index contributed by atoms with van der Waals surface area (Å²) in [5.74, 6) is -0.122. The molecule has 1 aliphatic rings. The second-order valence-corrected chi connectivity index (χ2v) is 9.93. The van der Waals surface area contributed by atoms with Gasteiger partial charge in [-0.2, -0.15) is 0 Å². The molecule has 0 aromatic heterocycles. The van der Waals surface area contributed by atoms with E-state index < -0.39 is 28.5 Å². The molecule has 2 aromatic carbocycles. The highest BCUT2D eigenvalue weighted by molar-refractivity contribution is 7.92. The first-order valence-corrected chi connectivity index (χ1v) is 12.2. The third kappa shape index (κ3) is 5.57. The normalized spacial score (nSPS) is 13.3. The van der Waals surface area contributed by atoms with Gasteiger partial charge in [-0.3, -0.25) is 13.9 Å². The zero-order valence-electron chi connectivity index (χ0n) is 19.2. The number of carbonyl (C=O) groups excluding carboxylic acids is 2. The van der Waals surface area contributed by atoms with Crippen molar-refractivity contribution in [3.05, 3.63) is 53.6 Å². The number of aryl methyl sites for hydroxylation is 1. The van der Waals surface area contributed by atoms with Gasteiger partial charge in [0.05, 0.1) is 11.4 Å². The summed E-state index contributed by atoms with van der Waals surface area (Å²) in [7, 11) is -2.31. The highest BCUT2D eigenvalue weighted by Crippen LogP contribution is 2.36. The van der Waals surface area contributed by atoms with E-state index in [0.717, 1.165) is 15.4 Å². The predicted octanol–water partition coefficient (Wildman–Crippen LogP) is 2.04. The van der Waals surface area contributed by atoms with Crippen LogP contribution < -0.4 is 19.1 Å². The summed E-state index contributed by atoms with van der Waals surface area (Å²) in [6.45, 7) is 4.82. The molecule has 2 aromatic rings. The number of rotatable bonds is 9. The van der Waals surface area contributed by atoms with E-state index in [2.05, 4.69) is 5.32 Å². The Labute approximate surface area is 194 Å². The van der Waals surface area contributed by atoms with Gasteiger partial charge in [0.2, 0.25) is 28.6 Å². The van der Waals surface area contributed by atoms with Crippen LogP contribution in [0.3, 0.4) is 0 Å². The first-order chi connectivity index (χ1) is 15.7. The molecule has 1 N–H and O–H groups in total. The Morgan fingerprint density at radius 2 is 1.85 bits per heavy atom. The second-order valence-electron chi connectivity index (χ2n) is 7.75. The number of sulfonamides is 1. The Morgan fingerprint density at radius 1 is 1.12 bits per heavy atom. The molecule has 0 fully saturated rings. The zero-order chi connectivity index (χ0) is 24.2. The first kappa shape index (κ1) is 24.4. The largest absolute Gasteiger partial charge is 0.454 e. The minimum atomic E-state index is -3.80. The molecule has 3 rings (SSSR count). The summed E-state index contributed by atoms with van der Waals surface area (Å²) < 4.78 is 37.6. The number of amides is 2. The van der Waals surface area contributed by atoms with Crippen LogP contribution in [0.15, 0.2) is 42.5 Å². The predicted molar refractivity (Wildman–Crippen MR) is 125 cm³/mol. The lowest BCUT2D eigenvalue weighted by Crippen LogP contribution is -2.51. The molecular formula is C23H29N3O6S. The quantitative estimate of drug-likeness (QED) is 0.595. The fraction of sp³-hybridized carbons (Fsp3) is 0.391. The summed E-state index contributed by atoms with van der Waals surface area (Å²) in [5, 5.41) is 2.56. The lowest BCUT2D eigenvalue weighted by molar-refractivity contribution is -0.139. The maximum Gasteiger partial charge on any atom is 0.244 e. The molecule has 33 heavy (non-hydrogen) atoms. The van der Waals surface area contributed by atoms with Crippen molar-refractivity contribution in [1.82, 2.24) is 10.2 Å². The zero-order valence-corrected chi connectivity index (χ0v) is 20.0. The van der Waals surface area contributed by atoms with Crippen molar-refractivity contribution in [3.8, 4) is 11.5 Å². The van der Waals surface area contributed by atoms with Gasteiger partial charge in [-0.05, 0) is 38.5 Å². The Hall–Kier alpha value is -3.27. The second kappa shape index (κ2) is 10.1. The standard InChI is InChI=1S/C23H29N3O6S/c1-5-33(29,30)26(19-9-10-20-21(12-19)32-15-31-20)14-22(27)25(17(3)23(28)24-4)13-18-8-6-7-16(2)11-18/h6-12,17H,5,13-15H2,1-4H3,(H,24,28). The fourth-order valence-electron chi connectivity index (χ4n) is 3.56. The van der Waals surface area contributed by atoms with Gasteiger partial charge < -0.3 is 19.7 Å². The molecule has 0 radical (unpaired) electrons. The van der Waals surface area contributed by atoms with Gasteiger partial charge in [-0.25, -0.2) is 8.42 Å². The van der Waals surface area contributed by atoms with Crippen molar-refractivity contribution in [2.75, 3.05) is 30.4 Å². The molecule has 0 aliphatic carbocycles. The molecule has 10 heteroatoms. The topological polar surface area (TPSA) is 105 Å². The van der Waals surface area contributed by atoms with E-state index in [4.69, 9.17) is 9.47 Å². The molecular weight excluding hydrogens is 446 g/mol. The van der Waals surface area contributed by atoms with Crippen molar-refractivity contribution in [2.24, 2.45) is 0 Å². The van der Waals surface area contributed by atoms with Gasteiger partial charge in [0, 0.05) is 19.7 Å². The van der Waals surface area contributed by atoms with Crippen LogP contribution in [-0.2, 0) is 26.2 Å². The SMILES string of the molecule is CCS(=O)(=O)N(CC(=O)N(Cc1cccc(C)c1)C(C)C(=O)NC)c1ccc2c(c1)OCO2. The van der Waals surface area contributed by atoms with Crippen LogP contribution in [0.2, 0.25) is 0 Å². The highest BCUT2D eigenvalue weighted by atomic mass is 32.2. The molecule has 1 unspecified atom stereocenters. The smallest absolute Gasteiger partial charge is 0.244 e. The summed E-state index contributed by atoms with van der Waals surface area (Å²) in [6, 6.07) is 11.5. The first-order valence-electron chi connectivity index (χ1n) is 10.6. The van der Waals surface area contributed by atoms with Crippen LogP contribution in [0.25, 0.3) is 0 Å². The summed E-state index contributed by atoms with van der Waals surface area (Å²) in [4.78, 5) is 27.2. The van der Waals surface area contributed by atoms with E-state index in [0.29, 0.717) is 11.5 Å². The molecule has 178 valence electrons. The van der Waals surface area contributed by atoms with E-state index in [1.54, 1.807) is 19.1 Å². The number of carbonyl (C=O) groups is 2. The van der Waals surface area contributed by atoms with Gasteiger partial charge >= 0.3 is 0 Å². The average molecular weight is 476 g/mol. The van der Waals surface area contributed by atoms with Crippen LogP contribution in [0.1, 0.15) is 25.0 Å². The van der Waals surface area contributed by atoms with Gasteiger partial charge in [-0.1, -0.05) is 29.8 Å². The van der Waals surface area contributed by atoms with Crippen LogP contribution in [-0.4, -0.2) is 57.3 Å². The number of likely N-dealkylation sites (N-methyl/N-ethyl adjacent to an activating group) is 1. The molecule has 0 saturated carbocycles. The lowest BCUT2D eigenvalue weighted by atomic mass is 10.1. The summed E-state index contributed by atoms with van der Waals surface area (Å²) >= 11 is 0. The number of benzene rings is 2. The molecule has 0 spiro atoms. The van der Waals surface area contributed by atoms with E-state index in [9.17, 15) is 18.0 Å². The minimum Gasteiger partial charge on any atom is -0.454 e. The summed E-state index contributed by atoms with van der Waals surface area (Å²) in [5.41, 5.74) is 2.15. The van der Waals surface area contributed by atoms with Crippen molar-refractivity contribution in [2.45, 2.75) is 33.4 Å². The molecule has 0 saturated heterocycles. The van der Waals surface area contributed by atoms with Gasteiger partial charge in [0.15, 0.2) is 11.5 Å². The van der Waals surface area contributed by atoms with Crippen LogP contribution in [0.5, 0.6) is 11.5 Å². The molecule has 1 aliphatic heterocycles. The number of anilines is 1. The molecule has 2 amide bonds. The van der Waals surface area contributed by atoms with Gasteiger partial charge in [0.1, 0.15) is 12.6 Å². The van der Waals surface area contributed by atoms with Crippen molar-refractivity contribution < 1.29 is 27.5 Å². The maximum atomic E-state index is 13.5. The van der Waals surface area contributed by atoms with E-state index in [-0.39, 0.29) is 30.7 Å². The number of nitrogens with one attached hydrogen (secondary N) is 1. The average Bonchev–Trinajstić information content (AvgIpc) is 3.27. The minimum absolute atomic E-state index is 0.0478. The number of fused-ring (bicyclic) bond motifs is 1. The number of hydrogen-bond acceptors (Lipinski definition) is 6. The molecule has 1 heterocycles. The lowest BCUT2D eigenvalue weighted by Gasteiger charge is -2.31. The van der Waals surface area contributed by atoms with Crippen LogP contribution in [0.4, 0.5) is 5.69 Å². The Morgan fingerprint density at radius 3 is 2.52 bits per heavy atom. The van der Waals surface area contributed by atoms with Gasteiger partial charge in [-0.15, -0.1) is 0 Å². The summed E-state index contributed by atoms with van der Waals surface area (Å²) in [6.07, 6.45) is 0. The third-order valence-electron chi connectivity index (χ3n) is 5.47. The number of ether oxygens (including phenoxy) is 2. The van der Waals surface area contributed by atoms with Crippen molar-refractivity contribution in [3.63, 3.8) is 0 Å². The fourth-order valence-corrected chi connectivity index (χ4v) is 4.61. The van der Waals surface area contributed by atoms with E-state index >= 15 is 0 Å². The van der Waals surface area contributed by atoms with Crippen molar-refractivity contribution in [1.29, 1.82) is 0 Å². The van der Waals surface area contributed by atoms with Crippen LogP contribution in [0, 0.1) is 6.92 Å². The molecule has 0 bridgehead atoms. The maximum absolute atomic E-state index is 13.5. The number of nitrogens with zero attached hydrogens (tertiary/aromatic N) is 2. The monoisotopic (exact) mass is 475 g/mol. The molecule has 9 nitrogen and oxygen atoms in total. The van der Waals surface area contributed by atoms with E-state index in [1.165, 1.54) is 24.9 Å². The van der Waals surface area contributed by atoms with Crippen LogP contribution >= 0.6 is 0 Å². The number of hydrogen-bond donors (Lipinski definition) is 1. The highest BCUT2D eigenvalue weighted by Gasteiger charge is 2.31. The van der Waals surface area contributed by atoms with Crippen molar-refractivity contribution >= 4 is 27.5 Å². The Kier molecular flexibility index (Phi) is 7.47. The Balaban J connectivity index is 1.94.